The maximum Gasteiger partial charge on any atom is 0.166 e. The highest BCUT2D eigenvalue weighted by molar-refractivity contribution is 6.29. The molecular formula is C120H74N10O2. The molecule has 0 saturated heterocycles. The molecule has 0 unspecified atom stereocenters. The van der Waals surface area contributed by atoms with Gasteiger partial charge in [-0.25, -0.2) is 29.9 Å². The van der Waals surface area contributed by atoms with Crippen LogP contribution in [-0.2, 0) is 0 Å². The van der Waals surface area contributed by atoms with E-state index < -0.39 is 0 Å². The third-order valence-corrected chi connectivity index (χ3v) is 26.0. The Labute approximate surface area is 756 Å². The van der Waals surface area contributed by atoms with E-state index in [9.17, 15) is 0 Å². The summed E-state index contributed by atoms with van der Waals surface area (Å²) < 4.78 is 24.2. The summed E-state index contributed by atoms with van der Waals surface area (Å²) in [7, 11) is 0. The van der Waals surface area contributed by atoms with Gasteiger partial charge in [-0.2, -0.15) is 0 Å². The number of furan rings is 2. The first kappa shape index (κ1) is 75.3. The molecule has 0 N–H and O–H groups in total. The Morgan fingerprint density at radius 1 is 0.144 bits per heavy atom. The summed E-state index contributed by atoms with van der Waals surface area (Å²) in [5.41, 5.74) is 28.2. The van der Waals surface area contributed by atoms with Crippen LogP contribution in [0.25, 0.3) is 256 Å². The smallest absolute Gasteiger partial charge is 0.166 e. The fourth-order valence-electron chi connectivity index (χ4n) is 19.9. The van der Waals surface area contributed by atoms with Gasteiger partial charge in [0.2, 0.25) is 0 Å². The van der Waals surface area contributed by atoms with Crippen molar-refractivity contribution < 1.29 is 8.83 Å². The van der Waals surface area contributed by atoms with Crippen molar-refractivity contribution in [1.29, 1.82) is 0 Å². The minimum atomic E-state index is 0.578. The number of fused-ring (bicyclic) bond motifs is 22. The Hall–Kier alpha value is -18.0. The third kappa shape index (κ3) is 12.4. The SMILES string of the molecule is c1ccc(-c2ccc(-c3nc(-c4ccccc4)nc(-c4ccccc4-n4c5ccccc5c5ccc6c7ccc8c9ccccc9n(-c9ccc(-c%10ccccc%10)cc9)c8c7oc6c54)n3)cc2)cc1.c1ccc(-c2ccc(-n3c4ccccc4c4ccc5c6ccc7c8ccccc8n(-c8ccccc8-c8nc(-c9ccccc9)nc(-c9ccccc9)n8)c7c6oc5c43)cc2)cc1. The molecule has 616 valence electrons. The number of hydrogen-bond donors (Lipinski definition) is 0. The highest BCUT2D eigenvalue weighted by Crippen LogP contribution is 2.49. The predicted octanol–water partition coefficient (Wildman–Crippen LogP) is 30.9. The van der Waals surface area contributed by atoms with Gasteiger partial charge in [-0.05, 0) is 130 Å². The predicted molar refractivity (Wildman–Crippen MR) is 540 cm³/mol. The lowest BCUT2D eigenvalue weighted by Crippen LogP contribution is -2.03. The lowest BCUT2D eigenvalue weighted by Gasteiger charge is -2.14. The summed E-state index contributed by atoms with van der Waals surface area (Å²) in [6.07, 6.45) is 0. The minimum absolute atomic E-state index is 0.578. The number of aromatic nitrogens is 10. The number of benzene rings is 19. The van der Waals surface area contributed by atoms with Crippen molar-refractivity contribution >= 4 is 131 Å². The van der Waals surface area contributed by atoms with Crippen molar-refractivity contribution in [2.24, 2.45) is 0 Å². The van der Waals surface area contributed by atoms with Gasteiger partial charge in [0.15, 0.2) is 57.3 Å². The average molecular weight is 1690 g/mol. The maximum atomic E-state index is 7.41. The molecule has 12 heteroatoms. The highest BCUT2D eigenvalue weighted by Gasteiger charge is 2.29. The third-order valence-electron chi connectivity index (χ3n) is 26.0. The van der Waals surface area contributed by atoms with E-state index >= 15 is 0 Å². The number of nitrogens with zero attached hydrogens (tertiary/aromatic N) is 10. The van der Waals surface area contributed by atoms with Crippen LogP contribution in [0.3, 0.4) is 0 Å². The van der Waals surface area contributed by atoms with Gasteiger partial charge in [-0.1, -0.05) is 352 Å². The molecular weight excluding hydrogens is 1610 g/mol. The zero-order valence-corrected chi connectivity index (χ0v) is 71.0. The van der Waals surface area contributed by atoms with Gasteiger partial charge in [0.05, 0.1) is 55.5 Å². The molecule has 12 nitrogen and oxygen atoms in total. The van der Waals surface area contributed by atoms with E-state index in [2.05, 4.69) is 382 Å². The van der Waals surface area contributed by atoms with Gasteiger partial charge in [0, 0.05) is 109 Å². The average Bonchev–Trinajstić information content (AvgIpc) is 1.54. The molecule has 0 spiro atoms. The first-order chi connectivity index (χ1) is 65.5. The van der Waals surface area contributed by atoms with E-state index in [1.54, 1.807) is 0 Å². The molecule has 8 heterocycles. The molecule has 0 fully saturated rings. The maximum absolute atomic E-state index is 7.41. The van der Waals surface area contributed by atoms with Crippen LogP contribution in [0.1, 0.15) is 0 Å². The molecule has 0 atom stereocenters. The molecule has 27 rings (SSSR count). The number of para-hydroxylation sites is 6. The summed E-state index contributed by atoms with van der Waals surface area (Å²) in [6, 6.07) is 157. The lowest BCUT2D eigenvalue weighted by molar-refractivity contribution is 0.673. The lowest BCUT2D eigenvalue weighted by atomic mass is 10.0. The molecule has 0 aliphatic rings. The van der Waals surface area contributed by atoms with Crippen LogP contribution in [0.15, 0.2) is 458 Å². The molecule has 0 aliphatic heterocycles. The van der Waals surface area contributed by atoms with Crippen molar-refractivity contribution in [3.8, 4) is 124 Å². The molecule has 0 aliphatic carbocycles. The minimum Gasteiger partial charge on any atom is -0.452 e. The van der Waals surface area contributed by atoms with Crippen LogP contribution in [0.5, 0.6) is 0 Å². The van der Waals surface area contributed by atoms with Crippen molar-refractivity contribution in [3.63, 3.8) is 0 Å². The number of hydrogen-bond acceptors (Lipinski definition) is 8. The molecule has 27 aromatic rings. The molecule has 0 saturated carbocycles. The summed E-state index contributed by atoms with van der Waals surface area (Å²) in [5.74, 6) is 3.60. The molecule has 19 aromatic carbocycles. The zero-order valence-electron chi connectivity index (χ0n) is 71.0. The molecule has 0 amide bonds. The summed E-state index contributed by atoms with van der Waals surface area (Å²) in [5, 5.41) is 13.3. The van der Waals surface area contributed by atoms with Crippen molar-refractivity contribution in [3.05, 3.63) is 449 Å². The van der Waals surface area contributed by atoms with Gasteiger partial charge in [-0.3, -0.25) is 0 Å². The van der Waals surface area contributed by atoms with Crippen LogP contribution in [0.2, 0.25) is 0 Å². The van der Waals surface area contributed by atoms with Crippen molar-refractivity contribution in [1.82, 2.24) is 48.2 Å². The first-order valence-corrected chi connectivity index (χ1v) is 44.5. The largest absolute Gasteiger partial charge is 0.452 e. The monoisotopic (exact) mass is 1690 g/mol. The quantitative estimate of drug-likeness (QED) is 0.112. The zero-order chi connectivity index (χ0) is 86.9. The van der Waals surface area contributed by atoms with E-state index in [-0.39, 0.29) is 0 Å². The second-order valence-electron chi connectivity index (χ2n) is 33.5. The summed E-state index contributed by atoms with van der Waals surface area (Å²) >= 11 is 0. The van der Waals surface area contributed by atoms with Gasteiger partial charge in [0.25, 0.3) is 0 Å². The molecule has 0 bridgehead atoms. The van der Waals surface area contributed by atoms with Gasteiger partial charge in [-0.15, -0.1) is 0 Å². The van der Waals surface area contributed by atoms with E-state index in [0.29, 0.717) is 34.9 Å². The second-order valence-corrected chi connectivity index (χ2v) is 33.5. The Kier molecular flexibility index (Phi) is 17.7. The van der Waals surface area contributed by atoms with Crippen LogP contribution >= 0.6 is 0 Å². The van der Waals surface area contributed by atoms with Gasteiger partial charge in [0.1, 0.15) is 0 Å². The Morgan fingerprint density at radius 2 is 0.348 bits per heavy atom. The fraction of sp³-hybridized carbons (Fsp3) is 0. The van der Waals surface area contributed by atoms with Crippen molar-refractivity contribution in [2.45, 2.75) is 0 Å². The second kappa shape index (κ2) is 31.0. The van der Waals surface area contributed by atoms with Crippen LogP contribution < -0.4 is 0 Å². The Morgan fingerprint density at radius 3 is 0.652 bits per heavy atom. The Balaban J connectivity index is 0.000000139. The first-order valence-electron chi connectivity index (χ1n) is 44.5. The molecule has 8 aromatic heterocycles. The van der Waals surface area contributed by atoms with Crippen LogP contribution in [0, 0.1) is 0 Å². The van der Waals surface area contributed by atoms with Crippen LogP contribution in [-0.4, -0.2) is 48.2 Å². The Bertz CT molecular complexity index is 9170. The fourth-order valence-corrected chi connectivity index (χ4v) is 19.9. The topological polar surface area (TPSA) is 123 Å². The number of rotatable bonds is 13. The van der Waals surface area contributed by atoms with E-state index in [4.69, 9.17) is 38.7 Å². The highest BCUT2D eigenvalue weighted by atomic mass is 16.3. The standard InChI is InChI=1S/C63H39N5O.C57H35N5O/c1-4-16-40(17-5-1)42-28-30-45(31-29-42)62-64-61(44-20-8-3-9-21-44)65-63(66-62)53-24-12-15-27-56(53)68-55-26-14-11-23-48(55)50-37-39-52-51-38-36-49-47-22-10-13-25-54(47)67(57(49)59(51)69-60(52)58(50)68)46-34-32-43(33-35-46)41-18-6-2-7-19-41;1-4-16-36(17-5-1)37-28-30-40(31-29-37)61-48-25-13-10-22-41(48)43-32-34-45-46-35-33-44-42-23-11-14-26-49(42)62(52(44)54(46)63-53(45)51(43)61)50-27-15-12-24-47(50)57-59-55(38-18-6-2-7-19-38)58-56(60-57)39-20-8-3-9-21-39/h1-39H;1-35H. The normalized spacial score (nSPS) is 11.8. The summed E-state index contributed by atoms with van der Waals surface area (Å²) in [4.78, 5) is 31.0. The van der Waals surface area contributed by atoms with E-state index in [0.717, 1.165) is 188 Å². The van der Waals surface area contributed by atoms with E-state index in [1.165, 1.54) is 33.0 Å². The molecule has 0 radical (unpaired) electrons. The van der Waals surface area contributed by atoms with Crippen molar-refractivity contribution in [2.75, 3.05) is 0 Å². The van der Waals surface area contributed by atoms with E-state index in [1.807, 2.05) is 84.9 Å². The summed E-state index contributed by atoms with van der Waals surface area (Å²) in [6.45, 7) is 0. The van der Waals surface area contributed by atoms with Crippen LogP contribution in [0.4, 0.5) is 0 Å². The van der Waals surface area contributed by atoms with Gasteiger partial charge < -0.3 is 27.1 Å². The molecule has 132 heavy (non-hydrogen) atoms. The van der Waals surface area contributed by atoms with Gasteiger partial charge >= 0.3 is 0 Å².